The molecule has 0 N–H and O–H groups in total. The second-order valence-corrected chi connectivity index (χ2v) is 42.4. The number of benzene rings is 24. The van der Waals surface area contributed by atoms with Crippen LogP contribution in [0, 0.1) is 0 Å². The third-order valence-corrected chi connectivity index (χ3v) is 33.8. The number of hydrogen-bond donors (Lipinski definition) is 0. The number of rotatable bonds is 6. The molecule has 0 atom stereocenters. The molecule has 0 unspecified atom stereocenters. The maximum Gasteiger partial charge on any atom is 0.135 e. The van der Waals surface area contributed by atoms with Gasteiger partial charge in [-0.05, 0) is 296 Å². The first-order valence-electron chi connectivity index (χ1n) is 49.4. The highest BCUT2D eigenvalue weighted by atomic mass is 32.1. The van der Waals surface area contributed by atoms with E-state index in [9.17, 15) is 0 Å². The van der Waals surface area contributed by atoms with Crippen LogP contribution in [0.4, 0.5) is 0 Å². The van der Waals surface area contributed by atoms with Crippen molar-refractivity contribution in [2.45, 2.75) is 77.0 Å². The molecule has 0 saturated carbocycles. The van der Waals surface area contributed by atoms with Gasteiger partial charge in [0.15, 0.2) is 0 Å². The van der Waals surface area contributed by atoms with E-state index in [1.807, 2.05) is 23.5 Å². The van der Waals surface area contributed by atoms with E-state index >= 15 is 0 Å². The average Bonchev–Trinajstić information content (AvgIpc) is 1.45. The van der Waals surface area contributed by atoms with E-state index in [-0.39, 0.29) is 21.7 Å². The Hall–Kier alpha value is -16.4. The molecule has 2 aromatic heterocycles. The molecule has 4 aliphatic carbocycles. The highest BCUT2D eigenvalue weighted by Crippen LogP contribution is 2.60. The van der Waals surface area contributed by atoms with Gasteiger partial charge in [-0.1, -0.05) is 444 Å². The van der Waals surface area contributed by atoms with Crippen molar-refractivity contribution in [3.8, 4) is 111 Å². The first-order chi connectivity index (χ1) is 68.5. The molecule has 30 rings (SSSR count). The van der Waals surface area contributed by atoms with Gasteiger partial charge in [0.1, 0.15) is 11.2 Å². The fraction of sp³-hybridized carbons (Fsp3) is 0.0870. The summed E-state index contributed by atoms with van der Waals surface area (Å²) in [7, 11) is 0. The van der Waals surface area contributed by atoms with Gasteiger partial charge in [-0.3, -0.25) is 0 Å². The first kappa shape index (κ1) is 81.9. The molecule has 4 aliphatic rings. The molecule has 0 spiro atoms. The summed E-state index contributed by atoms with van der Waals surface area (Å²) in [5, 5.41) is 28.3. The summed E-state index contributed by atoms with van der Waals surface area (Å²) in [6.45, 7) is 19.0. The van der Waals surface area contributed by atoms with Crippen LogP contribution in [0.15, 0.2) is 441 Å². The van der Waals surface area contributed by atoms with Gasteiger partial charge in [0.05, 0.1) is 0 Å². The van der Waals surface area contributed by atoms with Crippen molar-refractivity contribution < 1.29 is 4.42 Å². The number of fused-ring (bicyclic) bond motifs is 30. The Kier molecular flexibility index (Phi) is 17.9. The van der Waals surface area contributed by atoms with Crippen molar-refractivity contribution in [3.05, 3.63) is 481 Å². The van der Waals surface area contributed by atoms with Crippen LogP contribution >= 0.6 is 11.3 Å². The second-order valence-electron chi connectivity index (χ2n) is 41.3. The quantitative estimate of drug-likeness (QED) is 0.151. The molecule has 0 bridgehead atoms. The largest absolute Gasteiger partial charge is 0.456 e. The minimum Gasteiger partial charge on any atom is -0.456 e. The molecule has 0 fully saturated rings. The first-order valence-corrected chi connectivity index (χ1v) is 50.2. The van der Waals surface area contributed by atoms with Crippen LogP contribution < -0.4 is 0 Å². The highest BCUT2D eigenvalue weighted by Gasteiger charge is 2.42. The van der Waals surface area contributed by atoms with Crippen LogP contribution in [0.1, 0.15) is 99.9 Å². The lowest BCUT2D eigenvalue weighted by atomic mass is 9.80. The fourth-order valence-corrected chi connectivity index (χ4v) is 27.2. The summed E-state index contributed by atoms with van der Waals surface area (Å²) >= 11 is 1.91. The van der Waals surface area contributed by atoms with Gasteiger partial charge in [-0.2, -0.15) is 0 Å². The van der Waals surface area contributed by atoms with Gasteiger partial charge in [0.2, 0.25) is 0 Å². The van der Waals surface area contributed by atoms with E-state index in [2.05, 4.69) is 480 Å². The molecule has 0 radical (unpaired) electrons. The standard InChI is InChI=1S/C48H36.C45H30O.C45H30S/c1-47(2)41-25-23-30(27-39(41)46-32-14-6-5-13-29(32)22-26-42(46)47)44-35-16-7-9-18-37(35)45(38-19-10-8-17-36(38)44)31-21-24-34-33-15-11-12-20-40(33)48(3,4)43(34)28-31;1-45(2)38-22-20-28(26-37(38)44-30-12-4-3-11-27(30)19-23-39(44)45)42-32-14-5-7-16-34(32)43(35-17-8-6-15-33(35)42)29-21-24-41-36(25-29)31-13-9-10-18-40(31)46-41;1-45(2)38-24-23-28(26-37(38)43-29-13-4-3-12-27(29)22-25-39(43)45)41-31-15-5-7-17-33(31)42(34-18-8-6-16-32(34)41)36-20-11-19-35-30-14-9-10-21-40(30)46-44(35)36/h5-28H,1-4H3;2*3-26H,1-2H3. The van der Waals surface area contributed by atoms with Gasteiger partial charge in [0.25, 0.3) is 0 Å². The average molecular weight is 1800 g/mol. The zero-order valence-corrected chi connectivity index (χ0v) is 80.2. The normalized spacial score (nSPS) is 14.1. The van der Waals surface area contributed by atoms with E-state index in [1.165, 1.54) is 273 Å². The Balaban J connectivity index is 0.000000103. The molecule has 660 valence electrons. The number of para-hydroxylation sites is 1. The molecule has 0 saturated heterocycles. The minimum absolute atomic E-state index is 0.0495. The second kappa shape index (κ2) is 30.6. The molecule has 2 heteroatoms. The summed E-state index contributed by atoms with van der Waals surface area (Å²) in [5.74, 6) is 0. The summed E-state index contributed by atoms with van der Waals surface area (Å²) in [4.78, 5) is 0. The molecule has 140 heavy (non-hydrogen) atoms. The van der Waals surface area contributed by atoms with E-state index in [4.69, 9.17) is 4.42 Å². The molecular formula is C138H96OS. The smallest absolute Gasteiger partial charge is 0.135 e. The number of thiophene rings is 1. The molecule has 0 aliphatic heterocycles. The predicted molar refractivity (Wildman–Crippen MR) is 600 cm³/mol. The summed E-state index contributed by atoms with van der Waals surface area (Å²) in [6.07, 6.45) is 0. The van der Waals surface area contributed by atoms with Crippen LogP contribution in [0.5, 0.6) is 0 Å². The van der Waals surface area contributed by atoms with Crippen molar-refractivity contribution in [1.29, 1.82) is 0 Å². The zero-order chi connectivity index (χ0) is 93.5. The summed E-state index contributed by atoms with van der Waals surface area (Å²) < 4.78 is 8.89. The van der Waals surface area contributed by atoms with Crippen molar-refractivity contribution in [2.75, 3.05) is 0 Å². The Morgan fingerprint density at radius 1 is 0.157 bits per heavy atom. The number of hydrogen-bond acceptors (Lipinski definition) is 2. The van der Waals surface area contributed by atoms with Gasteiger partial charge in [0, 0.05) is 58.2 Å². The van der Waals surface area contributed by atoms with Gasteiger partial charge < -0.3 is 4.42 Å². The summed E-state index contributed by atoms with van der Waals surface area (Å²) in [5.41, 5.74) is 39.3. The van der Waals surface area contributed by atoms with E-state index < -0.39 is 0 Å². The molecule has 24 aromatic carbocycles. The Morgan fingerprint density at radius 2 is 0.436 bits per heavy atom. The Bertz CT molecular complexity index is 9720. The van der Waals surface area contributed by atoms with Crippen molar-refractivity contribution in [1.82, 2.24) is 0 Å². The van der Waals surface area contributed by atoms with Crippen LogP contribution in [0.3, 0.4) is 0 Å². The van der Waals surface area contributed by atoms with E-state index in [0.29, 0.717) is 0 Å². The van der Waals surface area contributed by atoms with Crippen LogP contribution in [0.25, 0.3) is 250 Å². The maximum absolute atomic E-state index is 6.20. The van der Waals surface area contributed by atoms with E-state index in [0.717, 1.165) is 21.9 Å². The topological polar surface area (TPSA) is 13.1 Å². The predicted octanol–water partition coefficient (Wildman–Crippen LogP) is 38.9. The maximum atomic E-state index is 6.20. The van der Waals surface area contributed by atoms with Crippen LogP contribution in [0.2, 0.25) is 0 Å². The van der Waals surface area contributed by atoms with Gasteiger partial charge in [-0.25, -0.2) is 0 Å². The minimum atomic E-state index is -0.0584. The molecular weight excluding hydrogens is 1710 g/mol. The Morgan fingerprint density at radius 3 is 0.857 bits per heavy atom. The molecule has 0 amide bonds. The number of furan rings is 1. The van der Waals surface area contributed by atoms with Crippen LogP contribution in [-0.2, 0) is 21.7 Å². The highest BCUT2D eigenvalue weighted by molar-refractivity contribution is 7.26. The monoisotopic (exact) mass is 1800 g/mol. The van der Waals surface area contributed by atoms with Crippen molar-refractivity contribution in [3.63, 3.8) is 0 Å². The van der Waals surface area contributed by atoms with Crippen molar-refractivity contribution in [2.24, 2.45) is 0 Å². The fourth-order valence-electron chi connectivity index (χ4n) is 26.0. The lowest BCUT2D eigenvalue weighted by Crippen LogP contribution is -2.14. The van der Waals surface area contributed by atoms with Gasteiger partial charge >= 0.3 is 0 Å². The lowest BCUT2D eigenvalue weighted by molar-refractivity contribution is 0.660. The van der Waals surface area contributed by atoms with Crippen molar-refractivity contribution >= 4 is 150 Å². The SMILES string of the molecule is CC1(C)c2ccc(-c3c4ccccc4c(-c4ccc5oc6ccccc6c5c4)c4ccccc34)cc2-c2c1ccc1ccccc21.CC1(C)c2ccc(-c3c4ccccc4c(-c4cccc5c4sc4ccccc45)c4ccccc34)cc2-c2c1ccc1ccccc21.CC1(C)c2ccccc2-c2ccc(-c3c4ccccc4c(-c4ccc5c(c4)-c4c(ccc6ccccc46)C5(C)C)c4ccccc34)cc21. The third kappa shape index (κ3) is 11.9. The van der Waals surface area contributed by atoms with Gasteiger partial charge in [-0.15, -0.1) is 11.3 Å². The Labute approximate surface area is 818 Å². The van der Waals surface area contributed by atoms with Crippen LogP contribution in [-0.4, -0.2) is 0 Å². The zero-order valence-electron chi connectivity index (χ0n) is 79.4. The van der Waals surface area contributed by atoms with E-state index in [1.54, 1.807) is 0 Å². The third-order valence-electron chi connectivity index (χ3n) is 32.6. The summed E-state index contributed by atoms with van der Waals surface area (Å²) in [6, 6.07) is 163. The lowest BCUT2D eigenvalue weighted by Gasteiger charge is -2.23. The molecule has 1 nitrogen and oxygen atoms in total. The molecule has 26 aromatic rings. The molecule has 2 heterocycles.